The third-order valence-corrected chi connectivity index (χ3v) is 7.51. The van der Waals surface area contributed by atoms with Crippen molar-refractivity contribution in [3.05, 3.63) is 57.1 Å². The number of hydrogen-bond acceptors (Lipinski definition) is 8. The van der Waals surface area contributed by atoms with Crippen LogP contribution in [0.15, 0.2) is 33.5 Å². The summed E-state index contributed by atoms with van der Waals surface area (Å²) in [7, 11) is 0. The Morgan fingerprint density at radius 3 is 2.91 bits per heavy atom. The molecule has 1 aromatic carbocycles. The summed E-state index contributed by atoms with van der Waals surface area (Å²) in [4.78, 5) is 20.7. The van der Waals surface area contributed by atoms with Gasteiger partial charge in [0.1, 0.15) is 22.4 Å². The van der Waals surface area contributed by atoms with Gasteiger partial charge >= 0.3 is 0 Å². The topological polar surface area (TPSA) is 107 Å². The lowest BCUT2D eigenvalue weighted by atomic mass is 10.0. The first-order valence-electron chi connectivity index (χ1n) is 10.5. The number of thiazole rings is 1. The number of hydrogen-bond donors (Lipinski definition) is 2. The van der Waals surface area contributed by atoms with Crippen molar-refractivity contribution in [1.82, 2.24) is 24.8 Å². The molecule has 0 saturated carbocycles. The summed E-state index contributed by atoms with van der Waals surface area (Å²) in [6.45, 7) is 3.13. The van der Waals surface area contributed by atoms with Gasteiger partial charge < -0.3 is 23.9 Å². The van der Waals surface area contributed by atoms with Crippen LogP contribution in [0.1, 0.15) is 28.2 Å². The fraction of sp³-hybridized carbons (Fsp3) is 0.333. The molecule has 12 heteroatoms. The fourth-order valence-electron chi connectivity index (χ4n) is 4.27. The van der Waals surface area contributed by atoms with Crippen molar-refractivity contribution in [3.8, 4) is 0 Å². The van der Waals surface area contributed by atoms with Gasteiger partial charge in [-0.05, 0) is 28.1 Å². The van der Waals surface area contributed by atoms with E-state index in [1.807, 2.05) is 15.9 Å². The summed E-state index contributed by atoms with van der Waals surface area (Å²) in [5, 5.41) is 9.70. The van der Waals surface area contributed by atoms with E-state index < -0.39 is 6.04 Å². The van der Waals surface area contributed by atoms with Crippen molar-refractivity contribution < 1.29 is 13.5 Å². The standard InChI is InChI=1S/C21H19BrFN7O2S/c22-18-17(32-21(28-18)29-6-8-31-9-7-29)19(24)30-5-4-12-15(26-10-25-12)16(30)20-27-14-11(23)2-1-3-13(14)33-20/h1-3,10,16,24H,4-9H2,(H,25,26)/t16-/m0/s1. The summed E-state index contributed by atoms with van der Waals surface area (Å²) in [5.74, 6) is 0.155. The molecule has 2 N–H and O–H groups in total. The van der Waals surface area contributed by atoms with Gasteiger partial charge in [-0.25, -0.2) is 14.4 Å². The highest BCUT2D eigenvalue weighted by molar-refractivity contribution is 9.10. The second kappa shape index (κ2) is 8.19. The van der Waals surface area contributed by atoms with E-state index in [9.17, 15) is 4.39 Å². The minimum absolute atomic E-state index is 0.173. The summed E-state index contributed by atoms with van der Waals surface area (Å²) >= 11 is 4.88. The Labute approximate surface area is 200 Å². The molecule has 3 aromatic heterocycles. The number of amidine groups is 1. The van der Waals surface area contributed by atoms with Crippen molar-refractivity contribution in [3.63, 3.8) is 0 Å². The average molecular weight is 532 g/mol. The predicted molar refractivity (Wildman–Crippen MR) is 124 cm³/mol. The number of imidazole rings is 1. The lowest BCUT2D eigenvalue weighted by Gasteiger charge is -2.34. The highest BCUT2D eigenvalue weighted by atomic mass is 79.9. The van der Waals surface area contributed by atoms with E-state index in [0.29, 0.717) is 66.2 Å². The first kappa shape index (κ1) is 20.8. The van der Waals surface area contributed by atoms with Crippen LogP contribution >= 0.6 is 27.3 Å². The van der Waals surface area contributed by atoms with Crippen molar-refractivity contribution in [1.29, 1.82) is 5.41 Å². The number of morpholine rings is 1. The maximum absolute atomic E-state index is 14.4. The quantitative estimate of drug-likeness (QED) is 0.306. The Hall–Kier alpha value is -2.83. The lowest BCUT2D eigenvalue weighted by Crippen LogP contribution is -2.40. The van der Waals surface area contributed by atoms with E-state index in [0.717, 1.165) is 16.1 Å². The van der Waals surface area contributed by atoms with Crippen LogP contribution in [0.4, 0.5) is 10.4 Å². The second-order valence-corrected chi connectivity index (χ2v) is 9.63. The first-order valence-corrected chi connectivity index (χ1v) is 12.1. The smallest absolute Gasteiger partial charge is 0.299 e. The number of halogens is 2. The minimum Gasteiger partial charge on any atom is -0.419 e. The normalized spacial score (nSPS) is 18.7. The molecule has 5 heterocycles. The van der Waals surface area contributed by atoms with Crippen LogP contribution in [0, 0.1) is 11.2 Å². The summed E-state index contributed by atoms with van der Waals surface area (Å²) in [6, 6.07) is 4.96. The van der Waals surface area contributed by atoms with Crippen LogP contribution in [0.25, 0.3) is 10.2 Å². The number of nitrogens with zero attached hydrogens (tertiary/aromatic N) is 5. The molecule has 0 radical (unpaired) electrons. The van der Waals surface area contributed by atoms with Gasteiger partial charge in [-0.2, -0.15) is 4.98 Å². The molecule has 1 fully saturated rings. The molecular weight excluding hydrogens is 513 g/mol. The van der Waals surface area contributed by atoms with E-state index in [4.69, 9.17) is 14.6 Å². The molecule has 0 spiro atoms. The molecule has 2 aliphatic heterocycles. The van der Waals surface area contributed by atoms with Crippen molar-refractivity contribution in [2.24, 2.45) is 0 Å². The van der Waals surface area contributed by atoms with Gasteiger partial charge in [-0.3, -0.25) is 5.41 Å². The molecule has 1 saturated heterocycles. The zero-order chi connectivity index (χ0) is 22.5. The number of fused-ring (bicyclic) bond motifs is 2. The van der Waals surface area contributed by atoms with E-state index in [2.05, 4.69) is 35.9 Å². The number of H-pyrrole nitrogens is 1. The van der Waals surface area contributed by atoms with E-state index >= 15 is 0 Å². The molecule has 33 heavy (non-hydrogen) atoms. The minimum atomic E-state index is -0.437. The average Bonchev–Trinajstić information content (AvgIpc) is 3.57. The number of rotatable bonds is 3. The third-order valence-electron chi connectivity index (χ3n) is 5.90. The van der Waals surface area contributed by atoms with Crippen LogP contribution in [-0.2, 0) is 11.2 Å². The van der Waals surface area contributed by atoms with Crippen LogP contribution in [-0.4, -0.2) is 63.5 Å². The Morgan fingerprint density at radius 2 is 2.09 bits per heavy atom. The third kappa shape index (κ3) is 3.52. The Morgan fingerprint density at radius 1 is 1.24 bits per heavy atom. The summed E-state index contributed by atoms with van der Waals surface area (Å²) < 4.78 is 27.1. The van der Waals surface area contributed by atoms with Crippen LogP contribution in [0.2, 0.25) is 0 Å². The Balaban J connectivity index is 1.40. The fourth-order valence-corrected chi connectivity index (χ4v) is 5.79. The van der Waals surface area contributed by atoms with Gasteiger partial charge in [0.15, 0.2) is 10.4 Å². The molecule has 2 aliphatic rings. The monoisotopic (exact) mass is 531 g/mol. The van der Waals surface area contributed by atoms with Crippen molar-refractivity contribution >= 4 is 49.3 Å². The van der Waals surface area contributed by atoms with Gasteiger partial charge in [-0.15, -0.1) is 11.3 Å². The van der Waals surface area contributed by atoms with Crippen LogP contribution < -0.4 is 4.90 Å². The van der Waals surface area contributed by atoms with Crippen molar-refractivity contribution in [2.45, 2.75) is 12.5 Å². The zero-order valence-corrected chi connectivity index (χ0v) is 19.7. The number of oxazole rings is 1. The summed E-state index contributed by atoms with van der Waals surface area (Å²) in [6.07, 6.45) is 2.34. The molecule has 9 nitrogen and oxygen atoms in total. The number of nitrogens with one attached hydrogen (secondary N) is 2. The SMILES string of the molecule is N=C(c1oc(N2CCOCC2)nc1Br)N1CCc2[nH]cnc2[C@H]1c1nc2c(F)cccc2s1. The lowest BCUT2D eigenvalue weighted by molar-refractivity contribution is 0.120. The molecular formula is C21H19BrFN7O2S. The molecule has 1 atom stereocenters. The number of anilines is 1. The molecule has 4 aromatic rings. The maximum Gasteiger partial charge on any atom is 0.299 e. The molecule has 0 unspecified atom stereocenters. The maximum atomic E-state index is 14.4. The predicted octanol–water partition coefficient (Wildman–Crippen LogP) is 3.72. The molecule has 0 aliphatic carbocycles. The summed E-state index contributed by atoms with van der Waals surface area (Å²) in [5.41, 5.74) is 2.12. The van der Waals surface area contributed by atoms with E-state index in [1.54, 1.807) is 12.4 Å². The second-order valence-electron chi connectivity index (χ2n) is 7.82. The zero-order valence-electron chi connectivity index (χ0n) is 17.3. The van der Waals surface area contributed by atoms with Crippen LogP contribution in [0.3, 0.4) is 0 Å². The van der Waals surface area contributed by atoms with Gasteiger partial charge in [0, 0.05) is 31.7 Å². The van der Waals surface area contributed by atoms with Gasteiger partial charge in [0.25, 0.3) is 6.01 Å². The number of aromatic nitrogens is 4. The van der Waals surface area contributed by atoms with Gasteiger partial charge in [-0.1, -0.05) is 6.07 Å². The molecule has 0 bridgehead atoms. The number of para-hydroxylation sites is 1. The molecule has 6 rings (SSSR count). The first-order chi connectivity index (χ1) is 16.1. The van der Waals surface area contributed by atoms with Crippen molar-refractivity contribution in [2.75, 3.05) is 37.7 Å². The van der Waals surface area contributed by atoms with Gasteiger partial charge in [0.05, 0.1) is 29.9 Å². The largest absolute Gasteiger partial charge is 0.419 e. The highest BCUT2D eigenvalue weighted by Crippen LogP contribution is 2.39. The van der Waals surface area contributed by atoms with Crippen LogP contribution in [0.5, 0.6) is 0 Å². The van der Waals surface area contributed by atoms with E-state index in [-0.39, 0.29) is 11.7 Å². The Bertz CT molecular complexity index is 1350. The number of ether oxygens (including phenoxy) is 1. The number of benzene rings is 1. The Kier molecular flexibility index (Phi) is 5.15. The van der Waals surface area contributed by atoms with E-state index in [1.165, 1.54) is 17.4 Å². The molecule has 0 amide bonds. The van der Waals surface area contributed by atoms with Gasteiger partial charge in [0.2, 0.25) is 5.76 Å². The molecule has 170 valence electrons. The highest BCUT2D eigenvalue weighted by Gasteiger charge is 2.37. The number of aromatic amines is 1.